The highest BCUT2D eigenvalue weighted by molar-refractivity contribution is 7.89. The standard InChI is InChI=1S/C21H23N3O3S2/c1-15-8-9-19(16(2)12-15)29(26,27)23-11-10-20(25)22-13-18-14-28-21(24-18)17-6-4-3-5-7-17/h3-9,12,14,23H,10-11,13H2,1-2H3,(H,22,25). The van der Waals surface area contributed by atoms with Crippen LogP contribution in [0.25, 0.3) is 10.6 Å². The van der Waals surface area contributed by atoms with E-state index in [1.807, 2.05) is 48.7 Å². The molecule has 2 N–H and O–H groups in total. The van der Waals surface area contributed by atoms with Crippen molar-refractivity contribution < 1.29 is 13.2 Å². The molecule has 8 heteroatoms. The van der Waals surface area contributed by atoms with E-state index in [1.165, 1.54) is 11.3 Å². The fourth-order valence-corrected chi connectivity index (χ4v) is 4.94. The molecule has 152 valence electrons. The molecule has 3 rings (SSSR count). The fourth-order valence-electron chi connectivity index (χ4n) is 2.86. The van der Waals surface area contributed by atoms with E-state index in [1.54, 1.807) is 19.1 Å². The van der Waals surface area contributed by atoms with Crippen molar-refractivity contribution in [2.45, 2.75) is 31.7 Å². The lowest BCUT2D eigenvalue weighted by molar-refractivity contribution is -0.121. The number of hydrogen-bond acceptors (Lipinski definition) is 5. The van der Waals surface area contributed by atoms with E-state index in [4.69, 9.17) is 0 Å². The van der Waals surface area contributed by atoms with Crippen molar-refractivity contribution in [3.63, 3.8) is 0 Å². The van der Waals surface area contributed by atoms with Crippen LogP contribution in [0.1, 0.15) is 23.2 Å². The number of sulfonamides is 1. The molecule has 1 amide bonds. The molecule has 0 fully saturated rings. The normalized spacial score (nSPS) is 11.4. The van der Waals surface area contributed by atoms with Crippen LogP contribution in [-0.4, -0.2) is 25.9 Å². The summed E-state index contributed by atoms with van der Waals surface area (Å²) < 4.78 is 27.3. The second-order valence-electron chi connectivity index (χ2n) is 6.70. The topological polar surface area (TPSA) is 88.2 Å². The molecule has 29 heavy (non-hydrogen) atoms. The van der Waals surface area contributed by atoms with Gasteiger partial charge in [-0.05, 0) is 25.5 Å². The Morgan fingerprint density at radius 1 is 1.10 bits per heavy atom. The SMILES string of the molecule is Cc1ccc(S(=O)(=O)NCCC(=O)NCc2csc(-c3ccccc3)n2)c(C)c1. The van der Waals surface area contributed by atoms with Crippen molar-refractivity contribution in [1.29, 1.82) is 0 Å². The number of nitrogens with zero attached hydrogens (tertiary/aromatic N) is 1. The largest absolute Gasteiger partial charge is 0.350 e. The first-order valence-electron chi connectivity index (χ1n) is 9.18. The zero-order chi connectivity index (χ0) is 20.9. The van der Waals surface area contributed by atoms with Crippen LogP contribution in [0.2, 0.25) is 0 Å². The number of benzene rings is 2. The molecule has 2 aromatic carbocycles. The maximum atomic E-state index is 12.4. The Bertz CT molecular complexity index is 1090. The van der Waals surface area contributed by atoms with Crippen molar-refractivity contribution in [2.75, 3.05) is 6.54 Å². The minimum Gasteiger partial charge on any atom is -0.350 e. The summed E-state index contributed by atoms with van der Waals surface area (Å²) in [5.41, 5.74) is 3.49. The average molecular weight is 430 g/mol. The summed E-state index contributed by atoms with van der Waals surface area (Å²) in [7, 11) is -3.64. The molecule has 0 aliphatic carbocycles. The summed E-state index contributed by atoms with van der Waals surface area (Å²) in [4.78, 5) is 16.8. The third-order valence-electron chi connectivity index (χ3n) is 4.30. The summed E-state index contributed by atoms with van der Waals surface area (Å²) in [6.07, 6.45) is 0.0554. The lowest BCUT2D eigenvalue weighted by atomic mass is 10.2. The molecule has 0 saturated carbocycles. The highest BCUT2D eigenvalue weighted by atomic mass is 32.2. The van der Waals surface area contributed by atoms with Crippen LogP contribution >= 0.6 is 11.3 Å². The highest BCUT2D eigenvalue weighted by Crippen LogP contribution is 2.23. The van der Waals surface area contributed by atoms with Crippen molar-refractivity contribution >= 4 is 27.3 Å². The molecular formula is C21H23N3O3S2. The van der Waals surface area contributed by atoms with E-state index >= 15 is 0 Å². The smallest absolute Gasteiger partial charge is 0.240 e. The number of nitrogens with one attached hydrogen (secondary N) is 2. The van der Waals surface area contributed by atoms with E-state index in [2.05, 4.69) is 15.0 Å². The minimum atomic E-state index is -3.64. The molecule has 0 radical (unpaired) electrons. The van der Waals surface area contributed by atoms with E-state index < -0.39 is 10.0 Å². The van der Waals surface area contributed by atoms with Crippen LogP contribution in [0.3, 0.4) is 0 Å². The summed E-state index contributed by atoms with van der Waals surface area (Å²) in [6, 6.07) is 15.0. The fraction of sp³-hybridized carbons (Fsp3) is 0.238. The monoisotopic (exact) mass is 429 g/mol. The molecule has 6 nitrogen and oxygen atoms in total. The summed E-state index contributed by atoms with van der Waals surface area (Å²) in [6.45, 7) is 4.01. The van der Waals surface area contributed by atoms with Crippen molar-refractivity contribution in [3.05, 3.63) is 70.7 Å². The van der Waals surface area contributed by atoms with Crippen LogP contribution in [0.5, 0.6) is 0 Å². The molecule has 0 unspecified atom stereocenters. The summed E-state index contributed by atoms with van der Waals surface area (Å²) >= 11 is 1.52. The molecule has 0 aliphatic heterocycles. The quantitative estimate of drug-likeness (QED) is 0.574. The van der Waals surface area contributed by atoms with Crippen LogP contribution < -0.4 is 10.0 Å². The molecule has 0 atom stereocenters. The zero-order valence-corrected chi connectivity index (χ0v) is 17.9. The van der Waals surface area contributed by atoms with Gasteiger partial charge in [-0.15, -0.1) is 11.3 Å². The van der Waals surface area contributed by atoms with Gasteiger partial charge >= 0.3 is 0 Å². The van der Waals surface area contributed by atoms with E-state index in [-0.39, 0.29) is 23.8 Å². The molecular weight excluding hydrogens is 406 g/mol. The first kappa shape index (κ1) is 21.2. The van der Waals surface area contributed by atoms with Crippen LogP contribution in [0, 0.1) is 13.8 Å². The number of hydrogen-bond donors (Lipinski definition) is 2. The molecule has 0 bridgehead atoms. The molecule has 3 aromatic rings. The van der Waals surface area contributed by atoms with Gasteiger partial charge in [-0.3, -0.25) is 4.79 Å². The van der Waals surface area contributed by atoms with Gasteiger partial charge in [0.15, 0.2) is 0 Å². The Hall–Kier alpha value is -2.55. The van der Waals surface area contributed by atoms with Crippen LogP contribution in [-0.2, 0) is 21.4 Å². The number of aromatic nitrogens is 1. The van der Waals surface area contributed by atoms with Gasteiger partial charge in [0.25, 0.3) is 0 Å². The van der Waals surface area contributed by atoms with Gasteiger partial charge in [-0.2, -0.15) is 0 Å². The van der Waals surface area contributed by atoms with E-state index in [0.717, 1.165) is 21.8 Å². The van der Waals surface area contributed by atoms with Gasteiger partial charge < -0.3 is 5.32 Å². The number of carbonyl (C=O) groups excluding carboxylic acids is 1. The zero-order valence-electron chi connectivity index (χ0n) is 16.3. The van der Waals surface area contributed by atoms with Gasteiger partial charge in [0.1, 0.15) is 5.01 Å². The van der Waals surface area contributed by atoms with Crippen LogP contribution in [0.4, 0.5) is 0 Å². The van der Waals surface area contributed by atoms with Gasteiger partial charge in [-0.25, -0.2) is 18.1 Å². The molecule has 1 aromatic heterocycles. The minimum absolute atomic E-state index is 0.0355. The number of aryl methyl sites for hydroxylation is 2. The van der Waals surface area contributed by atoms with E-state index in [9.17, 15) is 13.2 Å². The predicted molar refractivity (Wildman–Crippen MR) is 115 cm³/mol. The van der Waals surface area contributed by atoms with Crippen LogP contribution in [0.15, 0.2) is 58.8 Å². The van der Waals surface area contributed by atoms with Crippen molar-refractivity contribution in [2.24, 2.45) is 0 Å². The lowest BCUT2D eigenvalue weighted by Crippen LogP contribution is -2.31. The maximum Gasteiger partial charge on any atom is 0.240 e. The third-order valence-corrected chi connectivity index (χ3v) is 6.86. The van der Waals surface area contributed by atoms with Crippen molar-refractivity contribution in [3.8, 4) is 10.6 Å². The molecule has 1 heterocycles. The third kappa shape index (κ3) is 5.72. The first-order valence-corrected chi connectivity index (χ1v) is 11.5. The Morgan fingerprint density at radius 2 is 1.86 bits per heavy atom. The average Bonchev–Trinajstić information content (AvgIpc) is 3.16. The second-order valence-corrected chi connectivity index (χ2v) is 9.30. The Kier molecular flexibility index (Phi) is 6.79. The number of carbonyl (C=O) groups is 1. The molecule has 0 saturated heterocycles. The van der Waals surface area contributed by atoms with Gasteiger partial charge in [0.2, 0.25) is 15.9 Å². The second kappa shape index (κ2) is 9.30. The highest BCUT2D eigenvalue weighted by Gasteiger charge is 2.16. The molecule has 0 aliphatic rings. The van der Waals surface area contributed by atoms with Gasteiger partial charge in [0, 0.05) is 23.9 Å². The summed E-state index contributed by atoms with van der Waals surface area (Å²) in [5.74, 6) is -0.234. The number of thiazole rings is 1. The van der Waals surface area contributed by atoms with Crippen molar-refractivity contribution in [1.82, 2.24) is 15.0 Å². The summed E-state index contributed by atoms with van der Waals surface area (Å²) in [5, 5.41) is 5.59. The van der Waals surface area contributed by atoms with Gasteiger partial charge in [0.05, 0.1) is 17.1 Å². The van der Waals surface area contributed by atoms with Gasteiger partial charge in [-0.1, -0.05) is 48.0 Å². The maximum absolute atomic E-state index is 12.4. The van der Waals surface area contributed by atoms with E-state index in [0.29, 0.717) is 12.1 Å². The molecule has 0 spiro atoms. The Morgan fingerprint density at radius 3 is 2.59 bits per heavy atom. The lowest BCUT2D eigenvalue weighted by Gasteiger charge is -2.10. The Labute approximate surface area is 175 Å². The Balaban J connectivity index is 1.47. The number of amides is 1. The number of rotatable bonds is 8. The predicted octanol–water partition coefficient (Wildman–Crippen LogP) is 3.41. The first-order chi connectivity index (χ1) is 13.8.